The van der Waals surface area contributed by atoms with E-state index in [2.05, 4.69) is 0 Å². The number of carbonyl (C=O) groups is 1. The Labute approximate surface area is 71.9 Å². The quantitative estimate of drug-likeness (QED) is 0.527. The van der Waals surface area contributed by atoms with Crippen molar-refractivity contribution in [3.8, 4) is 0 Å². The van der Waals surface area contributed by atoms with Crippen LogP contribution in [0.3, 0.4) is 0 Å². The largest absolute Gasteiger partial charge is 0.324 e. The fraction of sp³-hybridized carbons (Fsp3) is 0.444. The van der Waals surface area contributed by atoms with E-state index in [1.807, 2.05) is 29.3 Å². The highest BCUT2D eigenvalue weighted by molar-refractivity contribution is 5.76. The number of urea groups is 1. The predicted molar refractivity (Wildman–Crippen MR) is 46.6 cm³/mol. The van der Waals surface area contributed by atoms with Crippen LogP contribution in [0.25, 0.3) is 0 Å². The lowest BCUT2D eigenvalue weighted by Gasteiger charge is -2.34. The molecule has 0 radical (unpaired) electrons. The lowest BCUT2D eigenvalue weighted by Crippen LogP contribution is -2.48. The fourth-order valence-corrected chi connectivity index (χ4v) is 1.30. The molecule has 2 heterocycles. The molecule has 0 N–H and O–H groups in total. The summed E-state index contributed by atoms with van der Waals surface area (Å²) in [6.45, 7) is 2.56. The van der Waals surface area contributed by atoms with E-state index in [-0.39, 0.29) is 6.03 Å². The molecule has 3 nitrogen and oxygen atoms in total. The first-order valence-corrected chi connectivity index (χ1v) is 4.27. The van der Waals surface area contributed by atoms with Crippen LogP contribution in [0.15, 0.2) is 24.4 Å². The second kappa shape index (κ2) is 3.01. The van der Waals surface area contributed by atoms with Crippen molar-refractivity contribution in [2.24, 2.45) is 0 Å². The SMILES string of the molecule is O=C(N1C=CC=CC1)N1CCC1. The number of rotatable bonds is 0. The van der Waals surface area contributed by atoms with E-state index < -0.39 is 0 Å². The van der Waals surface area contributed by atoms with Gasteiger partial charge in [0.25, 0.3) is 0 Å². The average molecular weight is 164 g/mol. The lowest BCUT2D eigenvalue weighted by molar-refractivity contribution is 0.143. The molecular weight excluding hydrogens is 152 g/mol. The first-order valence-electron chi connectivity index (χ1n) is 4.27. The Balaban J connectivity index is 1.95. The minimum absolute atomic E-state index is 0.141. The first-order chi connectivity index (χ1) is 5.88. The first kappa shape index (κ1) is 7.40. The molecule has 2 aliphatic heterocycles. The highest BCUT2D eigenvalue weighted by atomic mass is 16.2. The van der Waals surface area contributed by atoms with Crippen LogP contribution < -0.4 is 0 Å². The normalized spacial score (nSPS) is 21.0. The molecule has 2 aliphatic rings. The molecule has 0 atom stereocenters. The zero-order valence-corrected chi connectivity index (χ0v) is 6.94. The third-order valence-corrected chi connectivity index (χ3v) is 2.19. The van der Waals surface area contributed by atoms with Crippen molar-refractivity contribution in [1.29, 1.82) is 0 Å². The molecule has 64 valence electrons. The van der Waals surface area contributed by atoms with Crippen LogP contribution >= 0.6 is 0 Å². The van der Waals surface area contributed by atoms with Gasteiger partial charge in [-0.25, -0.2) is 4.79 Å². The van der Waals surface area contributed by atoms with Crippen molar-refractivity contribution in [3.05, 3.63) is 24.4 Å². The van der Waals surface area contributed by atoms with Gasteiger partial charge in [0.2, 0.25) is 0 Å². The van der Waals surface area contributed by atoms with Crippen LogP contribution in [-0.4, -0.2) is 35.5 Å². The molecule has 0 aromatic carbocycles. The van der Waals surface area contributed by atoms with Gasteiger partial charge in [-0.2, -0.15) is 0 Å². The Bertz CT molecular complexity index is 241. The predicted octanol–water partition coefficient (Wildman–Crippen LogP) is 1.20. The molecule has 0 spiro atoms. The van der Waals surface area contributed by atoms with Crippen LogP contribution in [-0.2, 0) is 0 Å². The van der Waals surface area contributed by atoms with Gasteiger partial charge in [0, 0.05) is 25.8 Å². The molecule has 0 aromatic rings. The monoisotopic (exact) mass is 164 g/mol. The molecule has 0 aliphatic carbocycles. The molecule has 2 amide bonds. The van der Waals surface area contributed by atoms with Gasteiger partial charge >= 0.3 is 6.03 Å². The van der Waals surface area contributed by atoms with Gasteiger partial charge in [-0.1, -0.05) is 12.2 Å². The fourth-order valence-electron chi connectivity index (χ4n) is 1.30. The number of allylic oxidation sites excluding steroid dienone is 2. The van der Waals surface area contributed by atoms with Crippen LogP contribution in [0, 0.1) is 0 Å². The number of hydrogen-bond donors (Lipinski definition) is 0. The second-order valence-corrected chi connectivity index (χ2v) is 3.05. The van der Waals surface area contributed by atoms with Gasteiger partial charge in [0.15, 0.2) is 0 Å². The summed E-state index contributed by atoms with van der Waals surface area (Å²) < 4.78 is 0. The smallest absolute Gasteiger partial charge is 0.324 e. The van der Waals surface area contributed by atoms with Crippen molar-refractivity contribution >= 4 is 6.03 Å². The van der Waals surface area contributed by atoms with E-state index in [4.69, 9.17) is 0 Å². The topological polar surface area (TPSA) is 23.6 Å². The minimum Gasteiger partial charge on any atom is -0.324 e. The lowest BCUT2D eigenvalue weighted by atomic mass is 10.2. The van der Waals surface area contributed by atoms with E-state index in [0.29, 0.717) is 6.54 Å². The Morgan fingerprint density at radius 1 is 1.25 bits per heavy atom. The summed E-state index contributed by atoms with van der Waals surface area (Å²) in [5, 5.41) is 0. The van der Waals surface area contributed by atoms with Gasteiger partial charge in [0.1, 0.15) is 0 Å². The van der Waals surface area contributed by atoms with Crippen LogP contribution in [0.4, 0.5) is 4.79 Å². The number of carbonyl (C=O) groups excluding carboxylic acids is 1. The second-order valence-electron chi connectivity index (χ2n) is 3.05. The minimum atomic E-state index is 0.141. The van der Waals surface area contributed by atoms with Crippen molar-refractivity contribution in [2.45, 2.75) is 6.42 Å². The zero-order valence-electron chi connectivity index (χ0n) is 6.94. The molecule has 1 saturated heterocycles. The Kier molecular flexibility index (Phi) is 1.86. The summed E-state index contributed by atoms with van der Waals surface area (Å²) in [6, 6.07) is 0.141. The average Bonchev–Trinajstić information content (AvgIpc) is 2.03. The molecule has 0 unspecified atom stereocenters. The van der Waals surface area contributed by atoms with Crippen molar-refractivity contribution < 1.29 is 4.79 Å². The molecule has 0 aromatic heterocycles. The van der Waals surface area contributed by atoms with Crippen LogP contribution in [0.1, 0.15) is 6.42 Å². The summed E-state index contributed by atoms with van der Waals surface area (Å²) >= 11 is 0. The summed E-state index contributed by atoms with van der Waals surface area (Å²) in [5.41, 5.74) is 0. The van der Waals surface area contributed by atoms with Crippen LogP contribution in [0.2, 0.25) is 0 Å². The maximum absolute atomic E-state index is 11.5. The van der Waals surface area contributed by atoms with Gasteiger partial charge in [-0.3, -0.25) is 4.90 Å². The van der Waals surface area contributed by atoms with Gasteiger partial charge in [0.05, 0.1) is 0 Å². The van der Waals surface area contributed by atoms with Crippen molar-refractivity contribution in [3.63, 3.8) is 0 Å². The summed E-state index contributed by atoms with van der Waals surface area (Å²) in [5.74, 6) is 0. The third kappa shape index (κ3) is 1.22. The van der Waals surface area contributed by atoms with E-state index in [0.717, 1.165) is 19.5 Å². The van der Waals surface area contributed by atoms with E-state index >= 15 is 0 Å². The molecule has 3 heteroatoms. The van der Waals surface area contributed by atoms with E-state index in [1.54, 1.807) is 4.90 Å². The summed E-state index contributed by atoms with van der Waals surface area (Å²) in [7, 11) is 0. The summed E-state index contributed by atoms with van der Waals surface area (Å²) in [4.78, 5) is 15.1. The maximum atomic E-state index is 11.5. The highest BCUT2D eigenvalue weighted by Gasteiger charge is 2.23. The third-order valence-electron chi connectivity index (χ3n) is 2.19. The van der Waals surface area contributed by atoms with Gasteiger partial charge in [-0.15, -0.1) is 0 Å². The van der Waals surface area contributed by atoms with E-state index in [9.17, 15) is 4.79 Å². The van der Waals surface area contributed by atoms with Crippen LogP contribution in [0.5, 0.6) is 0 Å². The Morgan fingerprint density at radius 3 is 2.58 bits per heavy atom. The van der Waals surface area contributed by atoms with Gasteiger partial charge in [-0.05, 0) is 12.5 Å². The molecule has 1 fully saturated rings. The van der Waals surface area contributed by atoms with Crippen molar-refractivity contribution in [2.75, 3.05) is 19.6 Å². The number of hydrogen-bond acceptors (Lipinski definition) is 1. The molecule has 2 rings (SSSR count). The number of likely N-dealkylation sites (tertiary alicyclic amines) is 1. The van der Waals surface area contributed by atoms with Crippen molar-refractivity contribution in [1.82, 2.24) is 9.80 Å². The number of nitrogens with zero attached hydrogens (tertiary/aromatic N) is 2. The Morgan fingerprint density at radius 2 is 2.08 bits per heavy atom. The molecule has 0 bridgehead atoms. The number of amides is 2. The molecule has 0 saturated carbocycles. The zero-order chi connectivity index (χ0) is 8.39. The maximum Gasteiger partial charge on any atom is 0.324 e. The van der Waals surface area contributed by atoms with Gasteiger partial charge < -0.3 is 4.90 Å². The Hall–Kier alpha value is -1.25. The highest BCUT2D eigenvalue weighted by Crippen LogP contribution is 2.11. The molecule has 12 heavy (non-hydrogen) atoms. The van der Waals surface area contributed by atoms with E-state index in [1.165, 1.54) is 0 Å². The molecular formula is C9H12N2O. The summed E-state index contributed by atoms with van der Waals surface area (Å²) in [6.07, 6.45) is 8.82. The standard InChI is InChI=1S/C9H12N2O/c12-9(11-7-4-8-11)10-5-2-1-3-6-10/h1-3,5H,4,6-8H2.